The smallest absolute Gasteiger partial charge is 0.158 e. The molecular formula is C20H21ClFN3O. The maximum Gasteiger partial charge on any atom is 0.158 e. The minimum atomic E-state index is -0.266. The first-order valence-electron chi connectivity index (χ1n) is 8.51. The minimum absolute atomic E-state index is 0.205. The second kappa shape index (κ2) is 7.87. The molecule has 6 heteroatoms. The van der Waals surface area contributed by atoms with Crippen LogP contribution in [0.4, 0.5) is 10.1 Å². The first-order chi connectivity index (χ1) is 12.5. The molecule has 0 bridgehead atoms. The van der Waals surface area contributed by atoms with Gasteiger partial charge in [0.15, 0.2) is 6.10 Å². The molecule has 0 N–H and O–H groups in total. The van der Waals surface area contributed by atoms with E-state index in [4.69, 9.17) is 16.4 Å². The zero-order valence-corrected chi connectivity index (χ0v) is 15.8. The van der Waals surface area contributed by atoms with Gasteiger partial charge in [0.25, 0.3) is 0 Å². The van der Waals surface area contributed by atoms with Gasteiger partial charge in [-0.3, -0.25) is 0 Å². The molecule has 3 rings (SSSR count). The van der Waals surface area contributed by atoms with Crippen molar-refractivity contribution in [3.8, 4) is 0 Å². The molecule has 0 aromatic heterocycles. The van der Waals surface area contributed by atoms with E-state index < -0.39 is 0 Å². The summed E-state index contributed by atoms with van der Waals surface area (Å²) in [6.07, 6.45) is 2.18. The fourth-order valence-electron chi connectivity index (χ4n) is 2.73. The maximum absolute atomic E-state index is 13.1. The zero-order chi connectivity index (χ0) is 18.7. The largest absolute Gasteiger partial charge is 0.387 e. The summed E-state index contributed by atoms with van der Waals surface area (Å²) >= 11 is 6.41. The number of hydrogen-bond acceptors (Lipinski definition) is 3. The number of benzene rings is 2. The zero-order valence-electron chi connectivity index (χ0n) is 15.0. The lowest BCUT2D eigenvalue weighted by molar-refractivity contribution is 0.0853. The number of aryl methyl sites for hydroxylation is 1. The molecule has 0 radical (unpaired) electrons. The van der Waals surface area contributed by atoms with Crippen LogP contribution in [-0.2, 0) is 4.84 Å². The molecule has 1 unspecified atom stereocenters. The van der Waals surface area contributed by atoms with Crippen molar-refractivity contribution >= 4 is 29.3 Å². The SMILES string of the molecule is CCN(C)C=Nc1cc(C)c(C2CC(c3ccc(F)cc3)=NO2)cc1Cl. The molecule has 4 nitrogen and oxygen atoms in total. The van der Waals surface area contributed by atoms with Gasteiger partial charge in [-0.1, -0.05) is 28.9 Å². The van der Waals surface area contributed by atoms with Crippen molar-refractivity contribution in [1.29, 1.82) is 0 Å². The van der Waals surface area contributed by atoms with Gasteiger partial charge in [-0.05, 0) is 54.8 Å². The van der Waals surface area contributed by atoms with Crippen LogP contribution in [-0.4, -0.2) is 30.5 Å². The summed E-state index contributed by atoms with van der Waals surface area (Å²) in [4.78, 5) is 12.0. The van der Waals surface area contributed by atoms with Crippen molar-refractivity contribution in [2.24, 2.45) is 10.1 Å². The Morgan fingerprint density at radius 2 is 2.08 bits per heavy atom. The highest BCUT2D eigenvalue weighted by atomic mass is 35.5. The summed E-state index contributed by atoms with van der Waals surface area (Å²) in [6.45, 7) is 4.93. The Kier molecular flexibility index (Phi) is 5.57. The summed E-state index contributed by atoms with van der Waals surface area (Å²) < 4.78 is 13.1. The quantitative estimate of drug-likeness (QED) is 0.529. The standard InChI is InChI=1S/C20H21ClFN3O/c1-4-25(3)12-23-19-9-13(2)16(10-17(19)21)20-11-18(24-26-20)14-5-7-15(22)8-6-14/h5-10,12,20H,4,11H2,1-3H3. The van der Waals surface area contributed by atoms with Crippen LogP contribution < -0.4 is 0 Å². The van der Waals surface area contributed by atoms with Gasteiger partial charge in [-0.15, -0.1) is 0 Å². The molecule has 2 aromatic carbocycles. The lowest BCUT2D eigenvalue weighted by Crippen LogP contribution is -2.14. The number of hydrogen-bond donors (Lipinski definition) is 0. The first-order valence-corrected chi connectivity index (χ1v) is 8.88. The molecule has 1 aliphatic rings. The molecule has 0 amide bonds. The first kappa shape index (κ1) is 18.4. The van der Waals surface area contributed by atoms with Gasteiger partial charge in [0, 0.05) is 20.0 Å². The van der Waals surface area contributed by atoms with E-state index in [-0.39, 0.29) is 11.9 Å². The normalized spacial score (nSPS) is 16.7. The second-order valence-electron chi connectivity index (χ2n) is 6.32. The van der Waals surface area contributed by atoms with Gasteiger partial charge >= 0.3 is 0 Å². The molecule has 1 atom stereocenters. The second-order valence-corrected chi connectivity index (χ2v) is 6.73. The van der Waals surface area contributed by atoms with E-state index in [9.17, 15) is 4.39 Å². The molecule has 0 saturated heterocycles. The van der Waals surface area contributed by atoms with Gasteiger partial charge in [0.05, 0.1) is 22.8 Å². The molecule has 0 fully saturated rings. The van der Waals surface area contributed by atoms with Crippen LogP contribution in [0.25, 0.3) is 0 Å². The van der Waals surface area contributed by atoms with Crippen LogP contribution in [0.5, 0.6) is 0 Å². The highest BCUT2D eigenvalue weighted by molar-refractivity contribution is 6.33. The molecule has 0 spiro atoms. The van der Waals surface area contributed by atoms with E-state index in [2.05, 4.69) is 17.1 Å². The summed E-state index contributed by atoms with van der Waals surface area (Å²) in [6, 6.07) is 10.1. The van der Waals surface area contributed by atoms with Gasteiger partial charge in [-0.2, -0.15) is 0 Å². The highest BCUT2D eigenvalue weighted by Crippen LogP contribution is 2.36. The van der Waals surface area contributed by atoms with Crippen molar-refractivity contribution in [2.75, 3.05) is 13.6 Å². The summed E-state index contributed by atoms with van der Waals surface area (Å²) in [7, 11) is 1.96. The Balaban J connectivity index is 1.77. The average Bonchev–Trinajstić information content (AvgIpc) is 3.12. The van der Waals surface area contributed by atoms with E-state index in [1.165, 1.54) is 12.1 Å². The Morgan fingerprint density at radius 1 is 1.35 bits per heavy atom. The fourth-order valence-corrected chi connectivity index (χ4v) is 2.95. The van der Waals surface area contributed by atoms with E-state index in [0.29, 0.717) is 11.4 Å². The molecule has 1 aliphatic heterocycles. The molecule has 0 aliphatic carbocycles. The van der Waals surface area contributed by atoms with Gasteiger partial charge in [0.2, 0.25) is 0 Å². The molecule has 1 heterocycles. The number of oxime groups is 1. The van der Waals surface area contributed by atoms with Crippen LogP contribution in [0, 0.1) is 12.7 Å². The Hall–Kier alpha value is -2.40. The predicted octanol–water partition coefficient (Wildman–Crippen LogP) is 5.26. The third-order valence-corrected chi connectivity index (χ3v) is 4.72. The molecular weight excluding hydrogens is 353 g/mol. The Morgan fingerprint density at radius 3 is 2.77 bits per heavy atom. The van der Waals surface area contributed by atoms with Gasteiger partial charge in [0.1, 0.15) is 5.82 Å². The van der Waals surface area contributed by atoms with Crippen LogP contribution in [0.3, 0.4) is 0 Å². The lowest BCUT2D eigenvalue weighted by Gasteiger charge is -2.14. The number of nitrogens with zero attached hydrogens (tertiary/aromatic N) is 3. The highest BCUT2D eigenvalue weighted by Gasteiger charge is 2.26. The van der Waals surface area contributed by atoms with E-state index in [1.54, 1.807) is 18.5 Å². The van der Waals surface area contributed by atoms with E-state index in [1.807, 2.05) is 31.0 Å². The van der Waals surface area contributed by atoms with Crippen LogP contribution in [0.1, 0.15) is 36.1 Å². The van der Waals surface area contributed by atoms with Gasteiger partial charge in [-0.25, -0.2) is 9.38 Å². The lowest BCUT2D eigenvalue weighted by atomic mass is 9.97. The predicted molar refractivity (Wildman–Crippen MR) is 104 cm³/mol. The van der Waals surface area contributed by atoms with Crippen molar-refractivity contribution in [1.82, 2.24) is 4.90 Å². The number of aliphatic imine (C=N–C) groups is 1. The summed E-state index contributed by atoms with van der Waals surface area (Å²) in [5.41, 5.74) is 4.42. The average molecular weight is 374 g/mol. The monoisotopic (exact) mass is 373 g/mol. The van der Waals surface area contributed by atoms with Crippen molar-refractivity contribution in [3.63, 3.8) is 0 Å². The summed E-state index contributed by atoms with van der Waals surface area (Å²) in [5.74, 6) is -0.266. The topological polar surface area (TPSA) is 37.2 Å². The molecule has 136 valence electrons. The molecule has 2 aromatic rings. The number of halogens is 2. The molecule has 0 saturated carbocycles. The Labute approximate surface area is 157 Å². The molecule has 26 heavy (non-hydrogen) atoms. The van der Waals surface area contributed by atoms with Crippen molar-refractivity contribution in [3.05, 3.63) is 63.9 Å². The summed E-state index contributed by atoms with van der Waals surface area (Å²) in [5, 5.41) is 4.75. The van der Waals surface area contributed by atoms with Crippen LogP contribution in [0.2, 0.25) is 5.02 Å². The third kappa shape index (κ3) is 4.05. The minimum Gasteiger partial charge on any atom is -0.387 e. The fraction of sp³-hybridized carbons (Fsp3) is 0.300. The van der Waals surface area contributed by atoms with Crippen molar-refractivity contribution in [2.45, 2.75) is 26.4 Å². The van der Waals surface area contributed by atoms with Gasteiger partial charge < -0.3 is 9.74 Å². The van der Waals surface area contributed by atoms with Crippen molar-refractivity contribution < 1.29 is 9.23 Å². The Bertz CT molecular complexity index is 849. The number of rotatable bonds is 5. The maximum atomic E-state index is 13.1. The van der Waals surface area contributed by atoms with E-state index in [0.717, 1.165) is 34.6 Å². The third-order valence-electron chi connectivity index (χ3n) is 4.42. The van der Waals surface area contributed by atoms with Crippen LogP contribution >= 0.6 is 11.6 Å². The van der Waals surface area contributed by atoms with Crippen LogP contribution in [0.15, 0.2) is 46.5 Å². The van der Waals surface area contributed by atoms with E-state index >= 15 is 0 Å².